The van der Waals surface area contributed by atoms with Crippen LogP contribution in [0.15, 0.2) is 60.4 Å². The Bertz CT molecular complexity index is 889. The average molecular weight is 333 g/mol. The van der Waals surface area contributed by atoms with Gasteiger partial charge in [-0.3, -0.25) is 4.79 Å². The van der Waals surface area contributed by atoms with E-state index >= 15 is 0 Å². The summed E-state index contributed by atoms with van der Waals surface area (Å²) in [6.07, 6.45) is 0. The standard InChI is InChI=1S/C22H23NO2/c1-13(2)23(19-11-6-14(3)12-15(19)4)18-9-7-17(8-10-18)20-21(24)16(5)22(20)25/h6-13,24H,5H2,1-4H3. The van der Waals surface area contributed by atoms with E-state index < -0.39 is 0 Å². The first kappa shape index (κ1) is 17.0. The zero-order chi connectivity index (χ0) is 18.3. The molecule has 1 aliphatic rings. The number of aryl methyl sites for hydroxylation is 2. The van der Waals surface area contributed by atoms with Crippen LogP contribution in [0, 0.1) is 13.8 Å². The Balaban J connectivity index is 1.99. The molecule has 2 aromatic rings. The maximum Gasteiger partial charge on any atom is 0.200 e. The zero-order valence-electron chi connectivity index (χ0n) is 15.1. The third-order valence-corrected chi connectivity index (χ3v) is 4.59. The van der Waals surface area contributed by atoms with Gasteiger partial charge in [-0.25, -0.2) is 0 Å². The van der Waals surface area contributed by atoms with Gasteiger partial charge in [0.05, 0.1) is 11.1 Å². The van der Waals surface area contributed by atoms with Gasteiger partial charge in [0, 0.05) is 17.4 Å². The molecule has 0 atom stereocenters. The number of hydrogen-bond donors (Lipinski definition) is 1. The van der Waals surface area contributed by atoms with E-state index in [-0.39, 0.29) is 23.2 Å². The maximum absolute atomic E-state index is 11.9. The molecule has 1 N–H and O–H groups in total. The predicted octanol–water partition coefficient (Wildman–Crippen LogP) is 5.26. The largest absolute Gasteiger partial charge is 0.506 e. The number of nitrogens with zero attached hydrogens (tertiary/aromatic N) is 1. The number of hydrogen-bond acceptors (Lipinski definition) is 3. The highest BCUT2D eigenvalue weighted by atomic mass is 16.3. The first-order valence-electron chi connectivity index (χ1n) is 8.45. The van der Waals surface area contributed by atoms with Crippen molar-refractivity contribution in [1.29, 1.82) is 0 Å². The number of anilines is 2. The van der Waals surface area contributed by atoms with E-state index in [4.69, 9.17) is 0 Å². The van der Waals surface area contributed by atoms with Crippen molar-refractivity contribution < 1.29 is 9.90 Å². The van der Waals surface area contributed by atoms with Crippen LogP contribution in [0.4, 0.5) is 11.4 Å². The van der Waals surface area contributed by atoms with Gasteiger partial charge in [-0.05, 0) is 57.0 Å². The molecule has 0 fully saturated rings. The Labute approximate surface area is 148 Å². The van der Waals surface area contributed by atoms with Crippen LogP contribution < -0.4 is 4.90 Å². The molecule has 0 heterocycles. The summed E-state index contributed by atoms with van der Waals surface area (Å²) in [5.41, 5.74) is 5.97. The maximum atomic E-state index is 11.9. The quantitative estimate of drug-likeness (QED) is 0.776. The zero-order valence-corrected chi connectivity index (χ0v) is 15.1. The molecule has 25 heavy (non-hydrogen) atoms. The molecule has 0 aromatic heterocycles. The van der Waals surface area contributed by atoms with E-state index in [0.717, 1.165) is 11.3 Å². The normalized spacial score (nSPS) is 14.1. The summed E-state index contributed by atoms with van der Waals surface area (Å²) in [6.45, 7) is 12.1. The van der Waals surface area contributed by atoms with Gasteiger partial charge in [-0.2, -0.15) is 0 Å². The molecule has 3 rings (SSSR count). The van der Waals surface area contributed by atoms with E-state index in [0.29, 0.717) is 5.57 Å². The Hall–Kier alpha value is -2.81. The highest BCUT2D eigenvalue weighted by molar-refractivity contribution is 6.38. The van der Waals surface area contributed by atoms with Gasteiger partial charge in [-0.15, -0.1) is 0 Å². The summed E-state index contributed by atoms with van der Waals surface area (Å²) < 4.78 is 0. The van der Waals surface area contributed by atoms with Crippen LogP contribution >= 0.6 is 0 Å². The molecule has 3 heteroatoms. The number of carbonyl (C=O) groups excluding carboxylic acids is 1. The second kappa shape index (κ2) is 6.25. The van der Waals surface area contributed by atoms with Crippen LogP contribution in [0.25, 0.3) is 5.57 Å². The molecule has 0 saturated carbocycles. The van der Waals surface area contributed by atoms with Gasteiger partial charge in [0.2, 0.25) is 5.78 Å². The minimum absolute atomic E-state index is 0.00726. The van der Waals surface area contributed by atoms with Crippen LogP contribution in [0.1, 0.15) is 30.5 Å². The number of aliphatic hydroxyl groups is 1. The number of ketones is 1. The van der Waals surface area contributed by atoms with Gasteiger partial charge in [0.1, 0.15) is 5.76 Å². The average Bonchev–Trinajstić information content (AvgIpc) is 2.58. The van der Waals surface area contributed by atoms with Crippen LogP contribution in [0.2, 0.25) is 0 Å². The summed E-state index contributed by atoms with van der Waals surface area (Å²) in [6, 6.07) is 14.5. The van der Waals surface area contributed by atoms with Crippen molar-refractivity contribution in [3.05, 3.63) is 77.1 Å². The molecule has 1 aliphatic carbocycles. The van der Waals surface area contributed by atoms with E-state index in [1.54, 1.807) is 0 Å². The molecule has 0 spiro atoms. The molecule has 2 aromatic carbocycles. The lowest BCUT2D eigenvalue weighted by atomic mass is 9.84. The van der Waals surface area contributed by atoms with E-state index in [9.17, 15) is 9.90 Å². The summed E-state index contributed by atoms with van der Waals surface area (Å²) in [5, 5.41) is 9.86. The summed E-state index contributed by atoms with van der Waals surface area (Å²) >= 11 is 0. The Kier molecular flexibility index (Phi) is 4.25. The molecule has 0 unspecified atom stereocenters. The Morgan fingerprint density at radius 3 is 2.20 bits per heavy atom. The molecule has 128 valence electrons. The third kappa shape index (κ3) is 2.86. The lowest BCUT2D eigenvalue weighted by molar-refractivity contribution is -0.111. The lowest BCUT2D eigenvalue weighted by Crippen LogP contribution is -2.26. The van der Waals surface area contributed by atoms with E-state index in [1.165, 1.54) is 16.8 Å². The smallest absolute Gasteiger partial charge is 0.200 e. The number of rotatable bonds is 4. The molecular formula is C22H23NO2. The van der Waals surface area contributed by atoms with Crippen molar-refractivity contribution in [3.63, 3.8) is 0 Å². The molecule has 0 radical (unpaired) electrons. The molecule has 0 saturated heterocycles. The fourth-order valence-electron chi connectivity index (χ4n) is 3.30. The Morgan fingerprint density at radius 2 is 1.68 bits per heavy atom. The number of allylic oxidation sites excluding steroid dienone is 2. The number of aliphatic hydroxyl groups excluding tert-OH is 1. The first-order chi connectivity index (χ1) is 11.8. The third-order valence-electron chi connectivity index (χ3n) is 4.59. The van der Waals surface area contributed by atoms with Crippen molar-refractivity contribution in [1.82, 2.24) is 0 Å². The van der Waals surface area contributed by atoms with Gasteiger partial charge in [0.25, 0.3) is 0 Å². The number of Topliss-reactive ketones (excluding diaryl/α,β-unsaturated/α-hetero) is 1. The lowest BCUT2D eigenvalue weighted by Gasteiger charge is -2.31. The van der Waals surface area contributed by atoms with Crippen LogP contribution in [-0.2, 0) is 4.79 Å². The SMILES string of the molecule is C=C1C(=O)C(c2ccc(N(c3ccc(C)cc3C)C(C)C)cc2)=C1O. The van der Waals surface area contributed by atoms with Crippen molar-refractivity contribution >= 4 is 22.7 Å². The van der Waals surface area contributed by atoms with Crippen molar-refractivity contribution in [2.24, 2.45) is 0 Å². The minimum Gasteiger partial charge on any atom is -0.506 e. The fraction of sp³-hybridized carbons (Fsp3) is 0.227. The number of benzene rings is 2. The second-order valence-corrected chi connectivity index (χ2v) is 6.83. The molecule has 0 amide bonds. The van der Waals surface area contributed by atoms with Crippen molar-refractivity contribution in [2.75, 3.05) is 4.90 Å². The predicted molar refractivity (Wildman–Crippen MR) is 103 cm³/mol. The van der Waals surface area contributed by atoms with Gasteiger partial charge in [0.15, 0.2) is 0 Å². The van der Waals surface area contributed by atoms with Crippen LogP contribution in [-0.4, -0.2) is 16.9 Å². The van der Waals surface area contributed by atoms with Crippen molar-refractivity contribution in [2.45, 2.75) is 33.7 Å². The van der Waals surface area contributed by atoms with Crippen LogP contribution in [0.3, 0.4) is 0 Å². The molecule has 0 aliphatic heterocycles. The number of carbonyl (C=O) groups is 1. The minimum atomic E-state index is -0.180. The molecular weight excluding hydrogens is 310 g/mol. The van der Waals surface area contributed by atoms with Crippen molar-refractivity contribution in [3.8, 4) is 0 Å². The molecule has 0 bridgehead atoms. The summed E-state index contributed by atoms with van der Waals surface area (Å²) in [4.78, 5) is 14.1. The summed E-state index contributed by atoms with van der Waals surface area (Å²) in [5.74, 6) is -0.173. The topological polar surface area (TPSA) is 40.5 Å². The second-order valence-electron chi connectivity index (χ2n) is 6.83. The first-order valence-corrected chi connectivity index (χ1v) is 8.45. The Morgan fingerprint density at radius 1 is 1.04 bits per heavy atom. The van der Waals surface area contributed by atoms with Crippen LogP contribution in [0.5, 0.6) is 0 Å². The van der Waals surface area contributed by atoms with E-state index in [1.807, 2.05) is 24.3 Å². The molecule has 3 nitrogen and oxygen atoms in total. The fourth-order valence-corrected chi connectivity index (χ4v) is 3.30. The van der Waals surface area contributed by atoms with Gasteiger partial charge < -0.3 is 10.0 Å². The summed E-state index contributed by atoms with van der Waals surface area (Å²) in [7, 11) is 0. The van der Waals surface area contributed by atoms with E-state index in [2.05, 4.69) is 57.4 Å². The van der Waals surface area contributed by atoms with Gasteiger partial charge in [-0.1, -0.05) is 36.4 Å². The van der Waals surface area contributed by atoms with Gasteiger partial charge >= 0.3 is 0 Å². The highest BCUT2D eigenvalue weighted by Gasteiger charge is 2.32. The highest BCUT2D eigenvalue weighted by Crippen LogP contribution is 2.37. The monoisotopic (exact) mass is 333 g/mol.